The molecule has 0 aromatic rings. The first-order valence-corrected chi connectivity index (χ1v) is 40.1. The minimum Gasteiger partial charge on any atom is -0.462 e. The van der Waals surface area contributed by atoms with E-state index in [4.69, 9.17) is 37.0 Å². The normalized spacial score (nSPS) is 14.6. The van der Waals surface area contributed by atoms with E-state index >= 15 is 0 Å². The molecule has 0 aliphatic heterocycles. The Morgan fingerprint density at radius 3 is 0.990 bits per heavy atom. The van der Waals surface area contributed by atoms with Gasteiger partial charge in [-0.15, -0.1) is 0 Å². The fourth-order valence-electron chi connectivity index (χ4n) is 9.55. The maximum absolute atomic E-state index is 13.1. The third-order valence-electron chi connectivity index (χ3n) is 15.2. The first-order valence-electron chi connectivity index (χ1n) is 37.1. The lowest BCUT2D eigenvalue weighted by Gasteiger charge is -2.21. The number of carbonyl (C=O) groups excluding carboxylic acids is 4. The average Bonchev–Trinajstić information content (AvgIpc) is 1.14. The number of aliphatic hydroxyl groups excluding tert-OH is 1. The van der Waals surface area contributed by atoms with Gasteiger partial charge < -0.3 is 33.8 Å². The maximum Gasteiger partial charge on any atom is 0.472 e. The number of hydrogen-bond donors (Lipinski definition) is 3. The molecule has 17 nitrogen and oxygen atoms in total. The SMILES string of the molecule is CC/C=C\C/C=C\C/C=C\C/C=C\C/C=C\CC(=O)OCC(COP(=O)(O)OCC(O)COP(=O)(O)OCC(COC(=O)CCCCCCC/C=C\CCCCCCCC)OC(=O)CCCCCCC/C=C\CCCCCC)OC(=O)CCCCCCC/C=C\C/C=C\CCC. The summed E-state index contributed by atoms with van der Waals surface area (Å²) in [7, 11) is -9.98. The molecule has 0 radical (unpaired) electrons. The molecule has 0 spiro atoms. The van der Waals surface area contributed by atoms with Gasteiger partial charge >= 0.3 is 39.5 Å². The van der Waals surface area contributed by atoms with Crippen molar-refractivity contribution in [3.63, 3.8) is 0 Å². The average molecular weight is 1390 g/mol. The number of rotatable bonds is 69. The van der Waals surface area contributed by atoms with Crippen LogP contribution >= 0.6 is 15.6 Å². The van der Waals surface area contributed by atoms with Gasteiger partial charge in [0.1, 0.15) is 19.3 Å². The van der Waals surface area contributed by atoms with Crippen LogP contribution in [0.25, 0.3) is 0 Å². The number of hydrogen-bond acceptors (Lipinski definition) is 15. The second-order valence-electron chi connectivity index (χ2n) is 24.5. The van der Waals surface area contributed by atoms with Crippen molar-refractivity contribution in [2.24, 2.45) is 0 Å². The Morgan fingerprint density at radius 1 is 0.312 bits per heavy atom. The molecule has 0 saturated heterocycles. The summed E-state index contributed by atoms with van der Waals surface area (Å²) in [6.45, 7) is 4.52. The molecule has 0 aromatic heterocycles. The van der Waals surface area contributed by atoms with Crippen LogP contribution in [0, 0.1) is 0 Å². The molecule has 3 N–H and O–H groups in total. The van der Waals surface area contributed by atoms with E-state index in [1.165, 1.54) is 64.2 Å². The lowest BCUT2D eigenvalue weighted by atomic mass is 10.1. The highest BCUT2D eigenvalue weighted by Crippen LogP contribution is 2.45. The van der Waals surface area contributed by atoms with Gasteiger partial charge in [-0.25, -0.2) is 9.13 Å². The first kappa shape index (κ1) is 91.7. The Balaban J connectivity index is 5.42. The van der Waals surface area contributed by atoms with E-state index in [2.05, 4.69) is 113 Å². The Kier molecular flexibility index (Phi) is 66.1. The van der Waals surface area contributed by atoms with Crippen LogP contribution in [-0.4, -0.2) is 96.7 Å². The topological polar surface area (TPSA) is 237 Å². The zero-order valence-corrected chi connectivity index (χ0v) is 61.8. The number of aliphatic hydroxyl groups is 1. The molecule has 19 heteroatoms. The van der Waals surface area contributed by atoms with Crippen LogP contribution in [0.4, 0.5) is 0 Å². The maximum atomic E-state index is 13.1. The lowest BCUT2D eigenvalue weighted by Crippen LogP contribution is -2.30. The molecule has 0 saturated carbocycles. The molecule has 0 rings (SSSR count). The summed E-state index contributed by atoms with van der Waals surface area (Å²) < 4.78 is 68.2. The quantitative estimate of drug-likeness (QED) is 0.0169. The van der Waals surface area contributed by atoms with Crippen molar-refractivity contribution in [1.82, 2.24) is 0 Å². The summed E-state index contributed by atoms with van der Waals surface area (Å²) >= 11 is 0. The van der Waals surface area contributed by atoms with E-state index in [1.54, 1.807) is 6.08 Å². The number of carbonyl (C=O) groups is 4. The van der Waals surface area contributed by atoms with E-state index in [0.717, 1.165) is 154 Å². The number of allylic oxidation sites excluding steroid dienone is 17. The molecule has 96 heavy (non-hydrogen) atoms. The molecule has 0 aliphatic rings. The summed E-state index contributed by atoms with van der Waals surface area (Å²) in [5.41, 5.74) is 0. The van der Waals surface area contributed by atoms with Crippen LogP contribution < -0.4 is 0 Å². The van der Waals surface area contributed by atoms with Crippen molar-refractivity contribution in [2.45, 2.75) is 316 Å². The van der Waals surface area contributed by atoms with Gasteiger partial charge in [0.25, 0.3) is 0 Å². The van der Waals surface area contributed by atoms with Crippen molar-refractivity contribution >= 4 is 39.5 Å². The summed E-state index contributed by atoms with van der Waals surface area (Å²) in [4.78, 5) is 72.7. The monoisotopic (exact) mass is 1390 g/mol. The molecule has 0 fully saturated rings. The molecule has 0 amide bonds. The fraction of sp³-hybridized carbons (Fsp3) is 0.714. The molecule has 0 bridgehead atoms. The molecule has 0 aliphatic carbocycles. The number of phosphoric acid groups is 2. The second-order valence-corrected chi connectivity index (χ2v) is 27.4. The Morgan fingerprint density at radius 2 is 0.604 bits per heavy atom. The van der Waals surface area contributed by atoms with Gasteiger partial charge in [-0.05, 0) is 128 Å². The predicted molar refractivity (Wildman–Crippen MR) is 390 cm³/mol. The van der Waals surface area contributed by atoms with Gasteiger partial charge in [0, 0.05) is 19.3 Å². The summed E-state index contributed by atoms with van der Waals surface area (Å²) in [6.07, 6.45) is 72.6. The van der Waals surface area contributed by atoms with Crippen molar-refractivity contribution in [2.75, 3.05) is 39.6 Å². The van der Waals surface area contributed by atoms with Crippen molar-refractivity contribution in [1.29, 1.82) is 0 Å². The molecule has 5 unspecified atom stereocenters. The second kappa shape index (κ2) is 69.2. The summed E-state index contributed by atoms with van der Waals surface area (Å²) in [5.74, 6) is -2.35. The Hall–Kier alpha value is -4.28. The van der Waals surface area contributed by atoms with Crippen molar-refractivity contribution in [3.05, 3.63) is 109 Å². The molecular formula is C77H132O17P2. The zero-order valence-electron chi connectivity index (χ0n) is 60.0. The molecule has 552 valence electrons. The lowest BCUT2D eigenvalue weighted by molar-refractivity contribution is -0.161. The largest absolute Gasteiger partial charge is 0.472 e. The van der Waals surface area contributed by atoms with Gasteiger partial charge in [-0.2, -0.15) is 0 Å². The van der Waals surface area contributed by atoms with E-state index < -0.39 is 97.5 Å². The first-order chi connectivity index (χ1) is 46.7. The van der Waals surface area contributed by atoms with Crippen molar-refractivity contribution in [3.8, 4) is 0 Å². The van der Waals surface area contributed by atoms with Gasteiger partial charge in [0.05, 0.1) is 32.8 Å². The van der Waals surface area contributed by atoms with Gasteiger partial charge in [-0.1, -0.05) is 253 Å². The highest BCUT2D eigenvalue weighted by Gasteiger charge is 2.30. The number of esters is 4. The van der Waals surface area contributed by atoms with E-state index in [1.807, 2.05) is 18.2 Å². The van der Waals surface area contributed by atoms with Crippen molar-refractivity contribution < 1.29 is 80.2 Å². The highest BCUT2D eigenvalue weighted by molar-refractivity contribution is 7.47. The number of unbranched alkanes of at least 4 members (excludes halogenated alkanes) is 26. The van der Waals surface area contributed by atoms with Crippen LogP contribution in [0.15, 0.2) is 109 Å². The summed E-state index contributed by atoms with van der Waals surface area (Å²) in [6, 6.07) is 0. The van der Waals surface area contributed by atoms with Crippen LogP contribution in [0.2, 0.25) is 0 Å². The van der Waals surface area contributed by atoms with Crippen LogP contribution in [0.3, 0.4) is 0 Å². The van der Waals surface area contributed by atoms with Gasteiger partial charge in [0.15, 0.2) is 12.2 Å². The minimum absolute atomic E-state index is 0.0576. The third-order valence-corrected chi connectivity index (χ3v) is 17.1. The molecule has 0 heterocycles. The standard InChI is InChI=1S/C77H132O17P2/c1-5-9-13-17-21-25-29-33-35-39-41-45-49-53-57-61-74(79)87-67-72(93-76(81)63-59-55-51-47-43-37-31-27-23-19-15-11-7-3)69-91-95(83,84)89-65-71(78)66-90-96(85,86)92-70-73(94-77(82)64-60-56-52-48-44-38-32-28-24-20-16-12-8-4)68-88-75(80)62-58-54-50-46-42-40-36-34-30-26-22-18-14-10-6-2/h9,13,15,19,21,25,27-28,31-36,41,45,53,57,71-73,78H,5-8,10-12,14,16-18,20,22-24,26,29-30,37-40,42-44,46-52,54-56,58-70H2,1-4H3,(H,83,84)(H,85,86)/b13-9-,19-15-,25-21-,31-27-,32-28-,35-33-,36-34-,45-41-,57-53-. The molecular weight excluding hydrogens is 1260 g/mol. The van der Waals surface area contributed by atoms with Gasteiger partial charge in [0.2, 0.25) is 0 Å². The minimum atomic E-state index is -4.99. The summed E-state index contributed by atoms with van der Waals surface area (Å²) in [5, 5.41) is 10.6. The van der Waals surface area contributed by atoms with Gasteiger partial charge in [-0.3, -0.25) is 37.3 Å². The zero-order chi connectivity index (χ0) is 70.4. The molecule has 5 atom stereocenters. The number of phosphoric ester groups is 2. The van der Waals surface area contributed by atoms with Crippen LogP contribution in [0.1, 0.15) is 297 Å². The van der Waals surface area contributed by atoms with E-state index in [-0.39, 0.29) is 25.7 Å². The predicted octanol–water partition coefficient (Wildman–Crippen LogP) is 21.0. The Bertz CT molecular complexity index is 2250. The number of ether oxygens (including phenoxy) is 4. The Labute approximate surface area is 581 Å². The third kappa shape index (κ3) is 68.3. The smallest absolute Gasteiger partial charge is 0.462 e. The van der Waals surface area contributed by atoms with E-state index in [9.17, 15) is 43.2 Å². The van der Waals surface area contributed by atoms with Crippen LogP contribution in [-0.2, 0) is 65.4 Å². The van der Waals surface area contributed by atoms with Crippen LogP contribution in [0.5, 0.6) is 0 Å². The van der Waals surface area contributed by atoms with E-state index in [0.29, 0.717) is 25.7 Å². The fourth-order valence-corrected chi connectivity index (χ4v) is 11.1. The highest BCUT2D eigenvalue weighted by atomic mass is 31.2. The molecule has 0 aromatic carbocycles.